The molecule has 0 spiro atoms. The minimum atomic E-state index is -0.596. The minimum Gasteiger partial charge on any atom is -0.393 e. The Morgan fingerprint density at radius 2 is 1.92 bits per heavy atom. The van der Waals surface area contributed by atoms with Gasteiger partial charge in [0, 0.05) is 32.2 Å². The van der Waals surface area contributed by atoms with E-state index in [1.54, 1.807) is 0 Å². The maximum atomic E-state index is 13.8. The maximum absolute atomic E-state index is 13.8. The summed E-state index contributed by atoms with van der Waals surface area (Å²) in [6.07, 6.45) is 1.31. The molecule has 4 N–H and O–H groups in total. The Morgan fingerprint density at radius 3 is 2.72 bits per heavy atom. The molecular weight excluding hydrogens is 330 g/mol. The van der Waals surface area contributed by atoms with E-state index in [0.717, 1.165) is 51.0 Å². The molecule has 1 aromatic carbocycles. The van der Waals surface area contributed by atoms with Gasteiger partial charge in [-0.05, 0) is 12.1 Å². The lowest BCUT2D eigenvalue weighted by molar-refractivity contribution is 0.0398. The summed E-state index contributed by atoms with van der Waals surface area (Å²) in [4.78, 5) is 10.4. The summed E-state index contributed by atoms with van der Waals surface area (Å²) >= 11 is 0. The van der Waals surface area contributed by atoms with Crippen LogP contribution in [0, 0.1) is 11.6 Å². The van der Waals surface area contributed by atoms with Gasteiger partial charge < -0.3 is 21.1 Å². The molecule has 0 amide bonds. The Kier molecular flexibility index (Phi) is 5.56. The number of rotatable bonds is 6. The second-order valence-electron chi connectivity index (χ2n) is 5.61. The van der Waals surface area contributed by atoms with Gasteiger partial charge in [-0.15, -0.1) is 0 Å². The highest BCUT2D eigenvalue weighted by molar-refractivity contribution is 5.77. The molecule has 7 nitrogen and oxygen atoms in total. The van der Waals surface area contributed by atoms with E-state index >= 15 is 0 Å². The third-order valence-electron chi connectivity index (χ3n) is 3.89. The molecule has 0 radical (unpaired) electrons. The molecule has 1 aromatic heterocycles. The lowest BCUT2D eigenvalue weighted by Gasteiger charge is -2.26. The van der Waals surface area contributed by atoms with Crippen LogP contribution in [0.1, 0.15) is 0 Å². The van der Waals surface area contributed by atoms with Gasteiger partial charge in [-0.3, -0.25) is 4.90 Å². The van der Waals surface area contributed by atoms with E-state index in [4.69, 9.17) is 10.5 Å². The van der Waals surface area contributed by atoms with Crippen LogP contribution in [0.5, 0.6) is 0 Å². The van der Waals surface area contributed by atoms with Crippen LogP contribution >= 0.6 is 0 Å². The summed E-state index contributed by atoms with van der Waals surface area (Å²) in [6, 6.07) is 3.13. The Balaban J connectivity index is 1.64. The predicted molar refractivity (Wildman–Crippen MR) is 91.8 cm³/mol. The van der Waals surface area contributed by atoms with Crippen molar-refractivity contribution >= 4 is 23.0 Å². The van der Waals surface area contributed by atoms with Crippen molar-refractivity contribution in [1.29, 1.82) is 0 Å². The molecule has 1 aliphatic rings. The standard InChI is InChI=1S/C16H20F2N6O/c17-11-1-2-12(18)13(9-11)23-16-14(19)15(21-10-22-16)20-3-4-24-5-7-25-8-6-24/h1-2,9-10H,3-8,19H2,(H2,20,21,22,23). The molecular formula is C16H20F2N6O. The number of nitrogen functional groups attached to an aromatic ring is 1. The van der Waals surface area contributed by atoms with E-state index in [0.29, 0.717) is 12.4 Å². The zero-order valence-electron chi connectivity index (χ0n) is 13.6. The first kappa shape index (κ1) is 17.3. The number of benzene rings is 1. The second-order valence-corrected chi connectivity index (χ2v) is 5.61. The number of morpholine rings is 1. The molecule has 3 rings (SSSR count). The molecule has 1 fully saturated rings. The average Bonchev–Trinajstić information content (AvgIpc) is 2.62. The first-order valence-corrected chi connectivity index (χ1v) is 8.00. The molecule has 0 bridgehead atoms. The number of halogens is 2. The molecule has 0 saturated carbocycles. The van der Waals surface area contributed by atoms with E-state index in [1.807, 2.05) is 0 Å². The van der Waals surface area contributed by atoms with Crippen LogP contribution < -0.4 is 16.4 Å². The predicted octanol–water partition coefficient (Wildman–Crippen LogP) is 1.82. The third-order valence-corrected chi connectivity index (χ3v) is 3.89. The summed E-state index contributed by atoms with van der Waals surface area (Å²) in [5, 5.41) is 5.85. The van der Waals surface area contributed by atoms with Gasteiger partial charge in [0.25, 0.3) is 0 Å². The van der Waals surface area contributed by atoms with Gasteiger partial charge in [-0.25, -0.2) is 18.7 Å². The van der Waals surface area contributed by atoms with E-state index in [-0.39, 0.29) is 17.2 Å². The van der Waals surface area contributed by atoms with Gasteiger partial charge in [0.2, 0.25) is 0 Å². The van der Waals surface area contributed by atoms with Crippen LogP contribution in [-0.2, 0) is 4.74 Å². The van der Waals surface area contributed by atoms with Crippen molar-refractivity contribution in [2.24, 2.45) is 0 Å². The number of nitrogens with one attached hydrogen (secondary N) is 2. The Labute approximate surface area is 144 Å². The van der Waals surface area contributed by atoms with Crippen molar-refractivity contribution in [2.45, 2.75) is 0 Å². The van der Waals surface area contributed by atoms with Gasteiger partial charge >= 0.3 is 0 Å². The van der Waals surface area contributed by atoms with Gasteiger partial charge in [0.15, 0.2) is 11.6 Å². The number of nitrogens with two attached hydrogens (primary N) is 1. The van der Waals surface area contributed by atoms with E-state index in [2.05, 4.69) is 25.5 Å². The number of ether oxygens (including phenoxy) is 1. The number of anilines is 4. The first-order chi connectivity index (χ1) is 12.1. The fraction of sp³-hybridized carbons (Fsp3) is 0.375. The van der Waals surface area contributed by atoms with Crippen LogP contribution in [0.3, 0.4) is 0 Å². The van der Waals surface area contributed by atoms with Crippen molar-refractivity contribution in [3.63, 3.8) is 0 Å². The Bertz CT molecular complexity index is 724. The molecule has 0 atom stereocenters. The molecule has 0 unspecified atom stereocenters. The number of aromatic nitrogens is 2. The van der Waals surface area contributed by atoms with E-state index < -0.39 is 11.6 Å². The lowest BCUT2D eigenvalue weighted by atomic mass is 10.3. The molecule has 25 heavy (non-hydrogen) atoms. The normalized spacial score (nSPS) is 15.1. The highest BCUT2D eigenvalue weighted by Gasteiger charge is 2.13. The zero-order valence-corrected chi connectivity index (χ0v) is 13.6. The molecule has 1 saturated heterocycles. The SMILES string of the molecule is Nc1c(NCCN2CCOCC2)ncnc1Nc1cc(F)ccc1F. The van der Waals surface area contributed by atoms with Crippen LogP contribution in [-0.4, -0.2) is 54.3 Å². The summed E-state index contributed by atoms with van der Waals surface area (Å²) in [5.74, 6) is -0.488. The van der Waals surface area contributed by atoms with Gasteiger partial charge in [0.1, 0.15) is 23.6 Å². The maximum Gasteiger partial charge on any atom is 0.159 e. The smallest absolute Gasteiger partial charge is 0.159 e. The molecule has 1 aliphatic heterocycles. The number of nitrogens with zero attached hydrogens (tertiary/aromatic N) is 3. The highest BCUT2D eigenvalue weighted by atomic mass is 19.1. The summed E-state index contributed by atoms with van der Waals surface area (Å²) < 4.78 is 32.3. The zero-order chi connectivity index (χ0) is 17.6. The van der Waals surface area contributed by atoms with Crippen molar-refractivity contribution in [2.75, 3.05) is 55.8 Å². The van der Waals surface area contributed by atoms with Crippen molar-refractivity contribution in [3.05, 3.63) is 36.2 Å². The van der Waals surface area contributed by atoms with E-state index in [1.165, 1.54) is 6.33 Å². The van der Waals surface area contributed by atoms with Crippen LogP contribution in [0.4, 0.5) is 31.8 Å². The third kappa shape index (κ3) is 4.52. The van der Waals surface area contributed by atoms with Crippen molar-refractivity contribution in [1.82, 2.24) is 14.9 Å². The Morgan fingerprint density at radius 1 is 1.16 bits per heavy atom. The van der Waals surface area contributed by atoms with Crippen LogP contribution in [0.25, 0.3) is 0 Å². The fourth-order valence-electron chi connectivity index (χ4n) is 2.51. The van der Waals surface area contributed by atoms with E-state index in [9.17, 15) is 8.78 Å². The topological polar surface area (TPSA) is 88.3 Å². The Hall–Kier alpha value is -2.52. The summed E-state index contributed by atoms with van der Waals surface area (Å²) in [7, 11) is 0. The quantitative estimate of drug-likeness (QED) is 0.732. The van der Waals surface area contributed by atoms with Gasteiger partial charge in [-0.2, -0.15) is 0 Å². The lowest BCUT2D eigenvalue weighted by Crippen LogP contribution is -2.39. The van der Waals surface area contributed by atoms with Crippen molar-refractivity contribution < 1.29 is 13.5 Å². The van der Waals surface area contributed by atoms with Gasteiger partial charge in [-0.1, -0.05) is 0 Å². The first-order valence-electron chi connectivity index (χ1n) is 8.00. The monoisotopic (exact) mass is 350 g/mol. The van der Waals surface area contributed by atoms with Gasteiger partial charge in [0.05, 0.1) is 18.9 Å². The molecule has 2 aromatic rings. The average molecular weight is 350 g/mol. The molecule has 0 aliphatic carbocycles. The summed E-state index contributed by atoms with van der Waals surface area (Å²) in [5.41, 5.74) is 6.25. The van der Waals surface area contributed by atoms with Crippen LogP contribution in [0.15, 0.2) is 24.5 Å². The minimum absolute atomic E-state index is 0.0373. The largest absolute Gasteiger partial charge is 0.393 e. The number of hydrogen-bond donors (Lipinski definition) is 3. The fourth-order valence-corrected chi connectivity index (χ4v) is 2.51. The highest BCUT2D eigenvalue weighted by Crippen LogP contribution is 2.27. The molecule has 2 heterocycles. The molecule has 9 heteroatoms. The summed E-state index contributed by atoms with van der Waals surface area (Å²) in [6.45, 7) is 4.74. The van der Waals surface area contributed by atoms with Crippen molar-refractivity contribution in [3.8, 4) is 0 Å². The number of hydrogen-bond acceptors (Lipinski definition) is 7. The second kappa shape index (κ2) is 8.04. The van der Waals surface area contributed by atoms with Crippen LogP contribution in [0.2, 0.25) is 0 Å². The molecule has 134 valence electrons.